The van der Waals surface area contributed by atoms with Gasteiger partial charge in [0.2, 0.25) is 0 Å². The molecule has 2 rings (SSSR count). The van der Waals surface area contributed by atoms with E-state index >= 15 is 0 Å². The summed E-state index contributed by atoms with van der Waals surface area (Å²) in [5.74, 6) is -0.677. The molecular formula is C13H15F3N2O4. The predicted octanol–water partition coefficient (Wildman–Crippen LogP) is 1.16. The maximum Gasteiger partial charge on any atom is 0.414 e. The second kappa shape index (κ2) is 6.59. The van der Waals surface area contributed by atoms with Crippen molar-refractivity contribution >= 4 is 11.6 Å². The summed E-state index contributed by atoms with van der Waals surface area (Å²) in [5, 5.41) is 20.5. The molecule has 0 aromatic carbocycles. The SMILES string of the molecule is O=C(Nc1ccc(C(O)CO)nc1)C1CCC(C(F)(F)F)O1. The van der Waals surface area contributed by atoms with Gasteiger partial charge >= 0.3 is 6.18 Å². The molecule has 9 heteroatoms. The van der Waals surface area contributed by atoms with E-state index in [2.05, 4.69) is 10.3 Å². The zero-order valence-corrected chi connectivity index (χ0v) is 11.4. The highest BCUT2D eigenvalue weighted by Gasteiger charge is 2.47. The topological polar surface area (TPSA) is 91.7 Å². The summed E-state index contributed by atoms with van der Waals surface area (Å²) in [5.41, 5.74) is 0.479. The Labute approximate surface area is 123 Å². The lowest BCUT2D eigenvalue weighted by Crippen LogP contribution is -2.33. The number of alkyl halides is 3. The van der Waals surface area contributed by atoms with E-state index in [0.717, 1.165) is 0 Å². The molecule has 3 atom stereocenters. The van der Waals surface area contributed by atoms with E-state index in [0.29, 0.717) is 0 Å². The number of pyridine rings is 1. The smallest absolute Gasteiger partial charge is 0.393 e. The Morgan fingerprint density at radius 2 is 2.18 bits per heavy atom. The van der Waals surface area contributed by atoms with Gasteiger partial charge in [0.25, 0.3) is 5.91 Å². The molecule has 1 fully saturated rings. The molecule has 3 N–H and O–H groups in total. The van der Waals surface area contributed by atoms with E-state index in [4.69, 9.17) is 9.84 Å². The van der Waals surface area contributed by atoms with Gasteiger partial charge in [-0.3, -0.25) is 9.78 Å². The van der Waals surface area contributed by atoms with Crippen molar-refractivity contribution in [1.82, 2.24) is 4.98 Å². The summed E-state index contributed by atoms with van der Waals surface area (Å²) in [7, 11) is 0. The van der Waals surface area contributed by atoms with Crippen LogP contribution in [0.25, 0.3) is 0 Å². The number of halogens is 3. The molecule has 1 amide bonds. The highest BCUT2D eigenvalue weighted by Crippen LogP contribution is 2.33. The molecule has 3 unspecified atom stereocenters. The molecule has 1 saturated heterocycles. The summed E-state index contributed by atoms with van der Waals surface area (Å²) in [6, 6.07) is 2.82. The first-order chi connectivity index (χ1) is 10.3. The fraction of sp³-hybridized carbons (Fsp3) is 0.538. The van der Waals surface area contributed by atoms with Crippen molar-refractivity contribution in [2.75, 3.05) is 11.9 Å². The average molecular weight is 320 g/mol. The fourth-order valence-corrected chi connectivity index (χ4v) is 2.06. The third kappa shape index (κ3) is 3.93. The van der Waals surface area contributed by atoms with Crippen molar-refractivity contribution in [3.05, 3.63) is 24.0 Å². The van der Waals surface area contributed by atoms with Crippen molar-refractivity contribution in [3.8, 4) is 0 Å². The van der Waals surface area contributed by atoms with Crippen LogP contribution in [0.5, 0.6) is 0 Å². The standard InChI is InChI=1S/C13H15F3N2O4/c14-13(15,16)11-4-3-10(22-11)12(21)18-7-1-2-8(17-5-7)9(20)6-19/h1-2,5,9-11,19-20H,3-4,6H2,(H,18,21). The molecule has 1 aromatic heterocycles. The quantitative estimate of drug-likeness (QED) is 0.774. The number of amides is 1. The predicted molar refractivity (Wildman–Crippen MR) is 68.9 cm³/mol. The van der Waals surface area contributed by atoms with Gasteiger partial charge in [0, 0.05) is 0 Å². The Bertz CT molecular complexity index is 521. The fourth-order valence-electron chi connectivity index (χ4n) is 2.06. The number of ether oxygens (including phenoxy) is 1. The van der Waals surface area contributed by atoms with Crippen LogP contribution in [0.4, 0.5) is 18.9 Å². The minimum Gasteiger partial charge on any atom is -0.393 e. The minimum atomic E-state index is -4.47. The lowest BCUT2D eigenvalue weighted by Gasteiger charge is -2.16. The lowest BCUT2D eigenvalue weighted by atomic mass is 10.2. The number of aliphatic hydroxyl groups is 2. The normalized spacial score (nSPS) is 23.3. The first kappa shape index (κ1) is 16.7. The van der Waals surface area contributed by atoms with Gasteiger partial charge in [0.05, 0.1) is 24.2 Å². The molecule has 1 aliphatic heterocycles. The van der Waals surface area contributed by atoms with Gasteiger partial charge in [-0.05, 0) is 25.0 Å². The van der Waals surface area contributed by atoms with Crippen LogP contribution < -0.4 is 5.32 Å². The molecule has 0 aliphatic carbocycles. The Hall–Kier alpha value is -1.71. The van der Waals surface area contributed by atoms with Crippen LogP contribution in [0.1, 0.15) is 24.6 Å². The van der Waals surface area contributed by atoms with Crippen LogP contribution in [-0.2, 0) is 9.53 Å². The summed E-state index contributed by atoms with van der Waals surface area (Å²) in [6.45, 7) is -0.493. The van der Waals surface area contributed by atoms with E-state index < -0.39 is 37.0 Å². The van der Waals surface area contributed by atoms with E-state index in [1.807, 2.05) is 0 Å². The molecule has 0 bridgehead atoms. The summed E-state index contributed by atoms with van der Waals surface area (Å²) in [4.78, 5) is 15.7. The van der Waals surface area contributed by atoms with Crippen molar-refractivity contribution in [2.24, 2.45) is 0 Å². The zero-order valence-electron chi connectivity index (χ0n) is 11.4. The van der Waals surface area contributed by atoms with Crippen LogP contribution in [0.15, 0.2) is 18.3 Å². The largest absolute Gasteiger partial charge is 0.414 e. The van der Waals surface area contributed by atoms with Crippen molar-refractivity contribution in [1.29, 1.82) is 0 Å². The van der Waals surface area contributed by atoms with Gasteiger partial charge in [-0.25, -0.2) is 0 Å². The number of carbonyl (C=O) groups is 1. The average Bonchev–Trinajstić information content (AvgIpc) is 2.97. The molecule has 122 valence electrons. The third-order valence-electron chi connectivity index (χ3n) is 3.25. The number of rotatable bonds is 4. The van der Waals surface area contributed by atoms with Crippen LogP contribution >= 0.6 is 0 Å². The van der Waals surface area contributed by atoms with Crippen LogP contribution in [0.2, 0.25) is 0 Å². The lowest BCUT2D eigenvalue weighted by molar-refractivity contribution is -0.213. The van der Waals surface area contributed by atoms with Gasteiger partial charge < -0.3 is 20.3 Å². The Morgan fingerprint density at radius 3 is 2.68 bits per heavy atom. The van der Waals surface area contributed by atoms with Gasteiger partial charge in [-0.15, -0.1) is 0 Å². The molecule has 0 spiro atoms. The number of hydrogen-bond acceptors (Lipinski definition) is 5. The second-order valence-corrected chi connectivity index (χ2v) is 4.89. The van der Waals surface area contributed by atoms with E-state index in [-0.39, 0.29) is 24.2 Å². The Kier molecular flexibility index (Phi) is 4.99. The number of hydrogen-bond donors (Lipinski definition) is 3. The van der Waals surface area contributed by atoms with Crippen LogP contribution in [0.3, 0.4) is 0 Å². The highest BCUT2D eigenvalue weighted by atomic mass is 19.4. The summed E-state index contributed by atoms with van der Waals surface area (Å²) in [6.07, 6.45) is -7.69. The second-order valence-electron chi connectivity index (χ2n) is 4.89. The first-order valence-electron chi connectivity index (χ1n) is 6.59. The number of anilines is 1. The van der Waals surface area contributed by atoms with Crippen LogP contribution in [-0.4, -0.2) is 46.1 Å². The Balaban J connectivity index is 1.93. The maximum atomic E-state index is 12.5. The number of nitrogens with zero attached hydrogens (tertiary/aromatic N) is 1. The first-order valence-corrected chi connectivity index (χ1v) is 6.59. The molecule has 0 radical (unpaired) electrons. The van der Waals surface area contributed by atoms with Gasteiger partial charge in [0.1, 0.15) is 12.2 Å². The summed E-state index contributed by atoms with van der Waals surface area (Å²) >= 11 is 0. The monoisotopic (exact) mass is 320 g/mol. The number of aliphatic hydroxyl groups excluding tert-OH is 2. The van der Waals surface area contributed by atoms with Gasteiger partial charge in [-0.1, -0.05) is 0 Å². The molecule has 0 saturated carbocycles. The van der Waals surface area contributed by atoms with E-state index in [1.165, 1.54) is 18.3 Å². The van der Waals surface area contributed by atoms with Crippen LogP contribution in [0, 0.1) is 0 Å². The van der Waals surface area contributed by atoms with E-state index in [9.17, 15) is 23.1 Å². The maximum absolute atomic E-state index is 12.5. The molecule has 1 aliphatic rings. The van der Waals surface area contributed by atoms with Crippen molar-refractivity contribution in [2.45, 2.75) is 37.3 Å². The van der Waals surface area contributed by atoms with E-state index in [1.54, 1.807) is 0 Å². The summed E-state index contributed by atoms with van der Waals surface area (Å²) < 4.78 is 42.1. The minimum absolute atomic E-state index is 0.00918. The van der Waals surface area contributed by atoms with Gasteiger partial charge in [-0.2, -0.15) is 13.2 Å². The van der Waals surface area contributed by atoms with Crippen molar-refractivity contribution < 1.29 is 32.9 Å². The number of nitrogens with one attached hydrogen (secondary N) is 1. The molecular weight excluding hydrogens is 305 g/mol. The third-order valence-corrected chi connectivity index (χ3v) is 3.25. The van der Waals surface area contributed by atoms with Gasteiger partial charge in [0.15, 0.2) is 6.10 Å². The van der Waals surface area contributed by atoms with Crippen molar-refractivity contribution in [3.63, 3.8) is 0 Å². The Morgan fingerprint density at radius 1 is 1.45 bits per heavy atom. The molecule has 22 heavy (non-hydrogen) atoms. The molecule has 1 aromatic rings. The highest BCUT2D eigenvalue weighted by molar-refractivity contribution is 5.94. The molecule has 2 heterocycles. The number of carbonyl (C=O) groups excluding carboxylic acids is 1. The zero-order chi connectivity index (χ0) is 16.3. The molecule has 6 nitrogen and oxygen atoms in total. The number of aromatic nitrogens is 1.